The summed E-state index contributed by atoms with van der Waals surface area (Å²) in [7, 11) is 1.97. The molecule has 0 rings (SSSR count). The van der Waals surface area contributed by atoms with Gasteiger partial charge in [-0.1, -0.05) is 32.6 Å². The van der Waals surface area contributed by atoms with Gasteiger partial charge in [-0.05, 0) is 20.4 Å². The van der Waals surface area contributed by atoms with Crippen LogP contribution in [0.3, 0.4) is 0 Å². The minimum atomic E-state index is 0.482. The average Bonchev–Trinajstić information content (AvgIpc) is 2.16. The largest absolute Gasteiger partial charge is 0.380 e. The second kappa shape index (κ2) is 10.0. The van der Waals surface area contributed by atoms with Crippen molar-refractivity contribution in [1.82, 2.24) is 5.32 Å². The van der Waals surface area contributed by atoms with Crippen molar-refractivity contribution in [2.75, 3.05) is 20.3 Å². The van der Waals surface area contributed by atoms with Crippen molar-refractivity contribution in [2.45, 2.75) is 52.0 Å². The first-order valence-corrected chi connectivity index (χ1v) is 5.56. The van der Waals surface area contributed by atoms with Crippen LogP contribution in [0, 0.1) is 0 Å². The third kappa shape index (κ3) is 9.84. The lowest BCUT2D eigenvalue weighted by Gasteiger charge is -2.10. The predicted octanol–water partition coefficient (Wildman–Crippen LogP) is 2.58. The van der Waals surface area contributed by atoms with Crippen LogP contribution < -0.4 is 5.32 Å². The maximum atomic E-state index is 5.50. The number of ether oxygens (including phenoxy) is 1. The summed E-state index contributed by atoms with van der Waals surface area (Å²) in [6.07, 6.45) is 6.59. The van der Waals surface area contributed by atoms with Crippen LogP contribution in [-0.4, -0.2) is 26.3 Å². The molecular weight excluding hydrogens is 162 g/mol. The van der Waals surface area contributed by atoms with Crippen molar-refractivity contribution in [3.63, 3.8) is 0 Å². The van der Waals surface area contributed by atoms with E-state index in [1.807, 2.05) is 7.05 Å². The Kier molecular flexibility index (Phi) is 9.94. The molecule has 0 saturated carbocycles. The van der Waals surface area contributed by atoms with Gasteiger partial charge in [0.05, 0.1) is 6.61 Å². The number of nitrogens with one attached hydrogen (secondary N) is 1. The Morgan fingerprint density at radius 2 is 1.85 bits per heavy atom. The SMILES string of the molecule is CCCCCCCOCC(C)NC. The van der Waals surface area contributed by atoms with E-state index in [0.717, 1.165) is 13.2 Å². The molecular formula is C11H25NO. The van der Waals surface area contributed by atoms with Gasteiger partial charge in [-0.2, -0.15) is 0 Å². The summed E-state index contributed by atoms with van der Waals surface area (Å²) in [5, 5.41) is 3.15. The first-order valence-electron chi connectivity index (χ1n) is 5.56. The van der Waals surface area contributed by atoms with Crippen molar-refractivity contribution >= 4 is 0 Å². The van der Waals surface area contributed by atoms with Crippen LogP contribution in [-0.2, 0) is 4.74 Å². The number of likely N-dealkylation sites (N-methyl/N-ethyl adjacent to an activating group) is 1. The van der Waals surface area contributed by atoms with Crippen LogP contribution in [0.15, 0.2) is 0 Å². The summed E-state index contributed by atoms with van der Waals surface area (Å²) in [5.41, 5.74) is 0. The third-order valence-electron chi connectivity index (χ3n) is 2.25. The minimum Gasteiger partial charge on any atom is -0.380 e. The van der Waals surface area contributed by atoms with Crippen LogP contribution in [0.25, 0.3) is 0 Å². The van der Waals surface area contributed by atoms with Crippen molar-refractivity contribution in [3.8, 4) is 0 Å². The van der Waals surface area contributed by atoms with Gasteiger partial charge >= 0.3 is 0 Å². The molecule has 2 heteroatoms. The summed E-state index contributed by atoms with van der Waals surface area (Å²) in [6, 6.07) is 0.482. The minimum absolute atomic E-state index is 0.482. The van der Waals surface area contributed by atoms with E-state index >= 15 is 0 Å². The Hall–Kier alpha value is -0.0800. The molecule has 1 atom stereocenters. The zero-order valence-electron chi connectivity index (χ0n) is 9.44. The van der Waals surface area contributed by atoms with E-state index in [1.54, 1.807) is 0 Å². The van der Waals surface area contributed by atoms with Gasteiger partial charge in [0, 0.05) is 12.6 Å². The fourth-order valence-corrected chi connectivity index (χ4v) is 1.15. The molecule has 0 aliphatic heterocycles. The molecule has 0 radical (unpaired) electrons. The second-order valence-corrected chi connectivity index (χ2v) is 3.68. The third-order valence-corrected chi connectivity index (χ3v) is 2.25. The smallest absolute Gasteiger partial charge is 0.0616 e. The molecule has 13 heavy (non-hydrogen) atoms. The molecule has 80 valence electrons. The lowest BCUT2D eigenvalue weighted by atomic mass is 10.2. The van der Waals surface area contributed by atoms with Gasteiger partial charge in [0.2, 0.25) is 0 Å². The van der Waals surface area contributed by atoms with Gasteiger partial charge in [0.25, 0.3) is 0 Å². The molecule has 0 bridgehead atoms. The highest BCUT2D eigenvalue weighted by atomic mass is 16.5. The summed E-state index contributed by atoms with van der Waals surface area (Å²) in [5.74, 6) is 0. The van der Waals surface area contributed by atoms with E-state index in [1.165, 1.54) is 32.1 Å². The molecule has 0 amide bonds. The second-order valence-electron chi connectivity index (χ2n) is 3.68. The molecule has 0 spiro atoms. The molecule has 0 aliphatic rings. The Bertz CT molecular complexity index is 96.1. The average molecular weight is 187 g/mol. The summed E-state index contributed by atoms with van der Waals surface area (Å²) in [6.45, 7) is 6.14. The molecule has 0 fully saturated rings. The Balaban J connectivity index is 2.91. The highest BCUT2D eigenvalue weighted by Gasteiger charge is 1.96. The van der Waals surface area contributed by atoms with E-state index < -0.39 is 0 Å². The van der Waals surface area contributed by atoms with Gasteiger partial charge in [-0.25, -0.2) is 0 Å². The first kappa shape index (κ1) is 12.9. The standard InChI is InChI=1S/C11H25NO/c1-4-5-6-7-8-9-13-10-11(2)12-3/h11-12H,4-10H2,1-3H3. The molecule has 0 aliphatic carbocycles. The van der Waals surface area contributed by atoms with E-state index in [4.69, 9.17) is 4.74 Å². The van der Waals surface area contributed by atoms with Gasteiger partial charge < -0.3 is 10.1 Å². The topological polar surface area (TPSA) is 21.3 Å². The van der Waals surface area contributed by atoms with Gasteiger partial charge in [-0.15, -0.1) is 0 Å². The van der Waals surface area contributed by atoms with Crippen LogP contribution in [0.2, 0.25) is 0 Å². The summed E-state index contributed by atoms with van der Waals surface area (Å²) in [4.78, 5) is 0. The monoisotopic (exact) mass is 187 g/mol. The number of unbranched alkanes of at least 4 members (excludes halogenated alkanes) is 4. The molecule has 0 aromatic rings. The molecule has 0 heterocycles. The lowest BCUT2D eigenvalue weighted by molar-refractivity contribution is 0.114. The number of hydrogen-bond acceptors (Lipinski definition) is 2. The molecule has 0 aromatic carbocycles. The summed E-state index contributed by atoms with van der Waals surface area (Å²) < 4.78 is 5.50. The van der Waals surface area contributed by atoms with Crippen LogP contribution in [0.1, 0.15) is 46.0 Å². The molecule has 0 aromatic heterocycles. The Morgan fingerprint density at radius 1 is 1.15 bits per heavy atom. The highest BCUT2D eigenvalue weighted by molar-refractivity contribution is 4.53. The number of hydrogen-bond donors (Lipinski definition) is 1. The summed E-state index contributed by atoms with van der Waals surface area (Å²) >= 11 is 0. The van der Waals surface area contributed by atoms with E-state index in [9.17, 15) is 0 Å². The molecule has 1 N–H and O–H groups in total. The Morgan fingerprint density at radius 3 is 2.46 bits per heavy atom. The molecule has 1 unspecified atom stereocenters. The fraction of sp³-hybridized carbons (Fsp3) is 1.00. The maximum absolute atomic E-state index is 5.50. The molecule has 2 nitrogen and oxygen atoms in total. The molecule has 0 saturated heterocycles. The Labute approximate surface area is 83.1 Å². The van der Waals surface area contributed by atoms with Crippen LogP contribution >= 0.6 is 0 Å². The van der Waals surface area contributed by atoms with Crippen LogP contribution in [0.4, 0.5) is 0 Å². The van der Waals surface area contributed by atoms with E-state index in [-0.39, 0.29) is 0 Å². The zero-order chi connectivity index (χ0) is 9.94. The van der Waals surface area contributed by atoms with Gasteiger partial charge in [0.1, 0.15) is 0 Å². The van der Waals surface area contributed by atoms with E-state index in [2.05, 4.69) is 19.2 Å². The fourth-order valence-electron chi connectivity index (χ4n) is 1.15. The van der Waals surface area contributed by atoms with Crippen molar-refractivity contribution in [3.05, 3.63) is 0 Å². The van der Waals surface area contributed by atoms with E-state index in [0.29, 0.717) is 6.04 Å². The zero-order valence-corrected chi connectivity index (χ0v) is 9.44. The normalized spacial score (nSPS) is 13.2. The van der Waals surface area contributed by atoms with Gasteiger partial charge in [0.15, 0.2) is 0 Å². The lowest BCUT2D eigenvalue weighted by Crippen LogP contribution is -2.26. The number of rotatable bonds is 9. The predicted molar refractivity (Wildman–Crippen MR) is 58.1 cm³/mol. The van der Waals surface area contributed by atoms with Crippen molar-refractivity contribution in [1.29, 1.82) is 0 Å². The van der Waals surface area contributed by atoms with Gasteiger partial charge in [-0.3, -0.25) is 0 Å². The van der Waals surface area contributed by atoms with Crippen LogP contribution in [0.5, 0.6) is 0 Å². The first-order chi connectivity index (χ1) is 6.31. The quantitative estimate of drug-likeness (QED) is 0.560. The van der Waals surface area contributed by atoms with Crippen molar-refractivity contribution in [2.24, 2.45) is 0 Å². The highest BCUT2D eigenvalue weighted by Crippen LogP contribution is 2.02. The van der Waals surface area contributed by atoms with Crippen molar-refractivity contribution < 1.29 is 4.74 Å². The maximum Gasteiger partial charge on any atom is 0.0616 e.